The van der Waals surface area contributed by atoms with Gasteiger partial charge in [-0.05, 0) is 72.7 Å². The first kappa shape index (κ1) is 21.5. The van der Waals surface area contributed by atoms with Gasteiger partial charge in [0.15, 0.2) is 0 Å². The standard InChI is InChI=1S/C25H26N4O3/c1-18-10-14-28(15-11-18)23-7-4-21(17-24(23)29(31)32)25(30)27-22-5-2-19(3-6-22)16-20-8-12-26-13-9-20/h2-9,12-13,17-18H,10-11,14-16H2,1H3,(H,27,30). The maximum absolute atomic E-state index is 12.7. The summed E-state index contributed by atoms with van der Waals surface area (Å²) in [6, 6.07) is 16.3. The van der Waals surface area contributed by atoms with Crippen molar-refractivity contribution in [1.82, 2.24) is 4.98 Å². The van der Waals surface area contributed by atoms with Gasteiger partial charge in [-0.1, -0.05) is 19.1 Å². The molecule has 2 aromatic carbocycles. The number of hydrogen-bond acceptors (Lipinski definition) is 5. The second-order valence-corrected chi connectivity index (χ2v) is 8.31. The van der Waals surface area contributed by atoms with Crippen molar-refractivity contribution < 1.29 is 9.72 Å². The van der Waals surface area contributed by atoms with E-state index in [2.05, 4.69) is 17.2 Å². The molecule has 32 heavy (non-hydrogen) atoms. The number of carbonyl (C=O) groups excluding carboxylic acids is 1. The molecule has 0 radical (unpaired) electrons. The van der Waals surface area contributed by atoms with Gasteiger partial charge in [-0.3, -0.25) is 19.9 Å². The molecule has 7 heteroatoms. The molecule has 0 atom stereocenters. The summed E-state index contributed by atoms with van der Waals surface area (Å²) in [7, 11) is 0. The van der Waals surface area contributed by atoms with Crippen LogP contribution in [-0.2, 0) is 6.42 Å². The SMILES string of the molecule is CC1CCN(c2ccc(C(=O)Nc3ccc(Cc4ccncc4)cc3)cc2[N+](=O)[O-])CC1. The van der Waals surface area contributed by atoms with Crippen LogP contribution in [0.25, 0.3) is 0 Å². The second-order valence-electron chi connectivity index (χ2n) is 8.31. The van der Waals surface area contributed by atoms with Crippen LogP contribution in [0.1, 0.15) is 41.3 Å². The van der Waals surface area contributed by atoms with Gasteiger partial charge in [-0.25, -0.2) is 0 Å². The van der Waals surface area contributed by atoms with Gasteiger partial charge in [-0.2, -0.15) is 0 Å². The molecule has 7 nitrogen and oxygen atoms in total. The van der Waals surface area contributed by atoms with E-state index in [1.54, 1.807) is 24.5 Å². The largest absolute Gasteiger partial charge is 0.366 e. The lowest BCUT2D eigenvalue weighted by molar-refractivity contribution is -0.384. The highest BCUT2D eigenvalue weighted by Crippen LogP contribution is 2.32. The highest BCUT2D eigenvalue weighted by Gasteiger charge is 2.24. The number of nitrogens with one attached hydrogen (secondary N) is 1. The van der Waals surface area contributed by atoms with Gasteiger partial charge in [-0.15, -0.1) is 0 Å². The number of amides is 1. The summed E-state index contributed by atoms with van der Waals surface area (Å²) in [4.78, 5) is 30.1. The fourth-order valence-corrected chi connectivity index (χ4v) is 3.97. The minimum Gasteiger partial charge on any atom is -0.366 e. The minimum absolute atomic E-state index is 0.0279. The molecule has 1 fully saturated rings. The Bertz CT molecular complexity index is 1090. The lowest BCUT2D eigenvalue weighted by Crippen LogP contribution is -2.33. The molecule has 2 heterocycles. The summed E-state index contributed by atoms with van der Waals surface area (Å²) in [5, 5.41) is 14.5. The van der Waals surface area contributed by atoms with Gasteiger partial charge < -0.3 is 10.2 Å². The summed E-state index contributed by atoms with van der Waals surface area (Å²) in [5.41, 5.74) is 3.74. The van der Waals surface area contributed by atoms with E-state index in [9.17, 15) is 14.9 Å². The molecule has 0 saturated carbocycles. The van der Waals surface area contributed by atoms with Gasteiger partial charge in [0, 0.05) is 42.8 Å². The van der Waals surface area contributed by atoms with E-state index in [-0.39, 0.29) is 17.2 Å². The van der Waals surface area contributed by atoms with Crippen molar-refractivity contribution >= 4 is 23.0 Å². The first-order valence-corrected chi connectivity index (χ1v) is 10.8. The third-order valence-electron chi connectivity index (χ3n) is 5.93. The second kappa shape index (κ2) is 9.60. The molecule has 1 saturated heterocycles. The van der Waals surface area contributed by atoms with E-state index in [0.717, 1.165) is 43.5 Å². The summed E-state index contributed by atoms with van der Waals surface area (Å²) in [6.45, 7) is 3.78. The molecule has 1 aromatic heterocycles. The van der Waals surface area contributed by atoms with Gasteiger partial charge >= 0.3 is 0 Å². The number of anilines is 2. The Labute approximate surface area is 187 Å². The first-order valence-electron chi connectivity index (χ1n) is 10.8. The van der Waals surface area contributed by atoms with E-state index < -0.39 is 4.92 Å². The third kappa shape index (κ3) is 5.11. The molecule has 1 aliphatic rings. The van der Waals surface area contributed by atoms with Crippen molar-refractivity contribution in [3.8, 4) is 0 Å². The van der Waals surface area contributed by atoms with E-state index in [1.165, 1.54) is 6.07 Å². The number of aromatic nitrogens is 1. The van der Waals surface area contributed by atoms with Crippen molar-refractivity contribution in [1.29, 1.82) is 0 Å². The van der Waals surface area contributed by atoms with Crippen LogP contribution in [0, 0.1) is 16.0 Å². The number of nitro benzene ring substituents is 1. The zero-order valence-electron chi connectivity index (χ0n) is 18.0. The number of carbonyl (C=O) groups is 1. The summed E-state index contributed by atoms with van der Waals surface area (Å²) in [5.74, 6) is 0.264. The Balaban J connectivity index is 1.46. The maximum atomic E-state index is 12.7. The van der Waals surface area contributed by atoms with Crippen molar-refractivity contribution in [2.24, 2.45) is 5.92 Å². The van der Waals surface area contributed by atoms with E-state index in [0.29, 0.717) is 17.3 Å². The molecule has 0 aliphatic carbocycles. The molecule has 1 aliphatic heterocycles. The third-order valence-corrected chi connectivity index (χ3v) is 5.93. The molecule has 3 aromatic rings. The molecule has 0 bridgehead atoms. The maximum Gasteiger partial charge on any atom is 0.293 e. The fraction of sp³-hybridized carbons (Fsp3) is 0.280. The summed E-state index contributed by atoms with van der Waals surface area (Å²) >= 11 is 0. The molecule has 0 spiro atoms. The minimum atomic E-state index is -0.405. The normalized spacial score (nSPS) is 14.2. The Hall–Kier alpha value is -3.74. The average molecular weight is 431 g/mol. The van der Waals surface area contributed by atoms with Crippen molar-refractivity contribution in [3.05, 3.63) is 93.8 Å². The van der Waals surface area contributed by atoms with Crippen LogP contribution < -0.4 is 10.2 Å². The van der Waals surface area contributed by atoms with Crippen LogP contribution in [0.5, 0.6) is 0 Å². The highest BCUT2D eigenvalue weighted by molar-refractivity contribution is 6.05. The smallest absolute Gasteiger partial charge is 0.293 e. The predicted molar refractivity (Wildman–Crippen MR) is 125 cm³/mol. The van der Waals surface area contributed by atoms with Crippen LogP contribution in [0.2, 0.25) is 0 Å². The zero-order chi connectivity index (χ0) is 22.5. The summed E-state index contributed by atoms with van der Waals surface area (Å²) < 4.78 is 0. The van der Waals surface area contributed by atoms with E-state index >= 15 is 0 Å². The number of nitro groups is 1. The Morgan fingerprint density at radius 3 is 2.38 bits per heavy atom. The number of piperidine rings is 1. The van der Waals surface area contributed by atoms with Crippen molar-refractivity contribution in [3.63, 3.8) is 0 Å². The molecule has 1 amide bonds. The Morgan fingerprint density at radius 2 is 1.72 bits per heavy atom. The Morgan fingerprint density at radius 1 is 1.06 bits per heavy atom. The first-order chi connectivity index (χ1) is 15.5. The average Bonchev–Trinajstić information content (AvgIpc) is 2.81. The van der Waals surface area contributed by atoms with Crippen molar-refractivity contribution in [2.75, 3.05) is 23.3 Å². The van der Waals surface area contributed by atoms with Gasteiger partial charge in [0.25, 0.3) is 11.6 Å². The molecule has 0 unspecified atom stereocenters. The predicted octanol–water partition coefficient (Wildman–Crippen LogP) is 5.07. The van der Waals surface area contributed by atoms with Gasteiger partial charge in [0.05, 0.1) is 4.92 Å². The Kier molecular flexibility index (Phi) is 6.44. The summed E-state index contributed by atoms with van der Waals surface area (Å²) in [6.07, 6.45) is 6.33. The van der Waals surface area contributed by atoms with Gasteiger partial charge in [0.1, 0.15) is 5.69 Å². The van der Waals surface area contributed by atoms with E-state index in [4.69, 9.17) is 0 Å². The highest BCUT2D eigenvalue weighted by atomic mass is 16.6. The number of nitrogens with zero attached hydrogens (tertiary/aromatic N) is 3. The van der Waals surface area contributed by atoms with Crippen LogP contribution in [0.4, 0.5) is 17.1 Å². The monoisotopic (exact) mass is 430 g/mol. The van der Waals surface area contributed by atoms with Crippen LogP contribution >= 0.6 is 0 Å². The number of benzene rings is 2. The molecular formula is C25H26N4O3. The zero-order valence-corrected chi connectivity index (χ0v) is 18.0. The lowest BCUT2D eigenvalue weighted by Gasteiger charge is -2.31. The molecule has 4 rings (SSSR count). The van der Waals surface area contributed by atoms with E-state index in [1.807, 2.05) is 41.3 Å². The molecular weight excluding hydrogens is 404 g/mol. The van der Waals surface area contributed by atoms with Gasteiger partial charge in [0.2, 0.25) is 0 Å². The van der Waals surface area contributed by atoms with Crippen LogP contribution in [0.3, 0.4) is 0 Å². The number of hydrogen-bond donors (Lipinski definition) is 1. The number of pyridine rings is 1. The lowest BCUT2D eigenvalue weighted by atomic mass is 9.98. The number of rotatable bonds is 6. The topological polar surface area (TPSA) is 88.4 Å². The van der Waals surface area contributed by atoms with Crippen molar-refractivity contribution in [2.45, 2.75) is 26.2 Å². The quantitative estimate of drug-likeness (QED) is 0.436. The van der Waals surface area contributed by atoms with Crippen LogP contribution in [-0.4, -0.2) is 28.9 Å². The van der Waals surface area contributed by atoms with Crippen LogP contribution in [0.15, 0.2) is 67.0 Å². The molecule has 164 valence electrons. The molecule has 1 N–H and O–H groups in total. The fourth-order valence-electron chi connectivity index (χ4n) is 3.97.